The van der Waals surface area contributed by atoms with Gasteiger partial charge in [-0.15, -0.1) is 0 Å². The molecule has 0 fully saturated rings. The minimum atomic E-state index is -4.52. The molecule has 2 aromatic rings. The number of ether oxygens (including phenoxy) is 1. The summed E-state index contributed by atoms with van der Waals surface area (Å²) in [5, 5.41) is 0. The number of benzene rings is 2. The molecule has 0 amide bonds. The Balaban J connectivity index is 1.95. The molecule has 0 heterocycles. The minimum Gasteiger partial charge on any atom is -0.489 e. The summed E-state index contributed by atoms with van der Waals surface area (Å²) in [4.78, 5) is 17.7. The zero-order valence-electron chi connectivity index (χ0n) is 15.8. The first-order chi connectivity index (χ1) is 12.7. The summed E-state index contributed by atoms with van der Waals surface area (Å²) < 4.78 is 21.4. The molecule has 0 aromatic heterocycles. The van der Waals surface area contributed by atoms with E-state index in [0.717, 1.165) is 23.3 Å². The van der Waals surface area contributed by atoms with E-state index in [0.29, 0.717) is 19.4 Å². The van der Waals surface area contributed by atoms with Crippen molar-refractivity contribution in [3.63, 3.8) is 0 Å². The van der Waals surface area contributed by atoms with Crippen LogP contribution in [0.25, 0.3) is 0 Å². The molecule has 27 heavy (non-hydrogen) atoms. The Bertz CT molecular complexity index is 770. The lowest BCUT2D eigenvalue weighted by Crippen LogP contribution is -2.41. The predicted octanol–water partition coefficient (Wildman–Crippen LogP) is 3.59. The number of hydrogen-bond acceptors (Lipinski definition) is 4. The van der Waals surface area contributed by atoms with Crippen molar-refractivity contribution < 1.29 is 23.6 Å². The molecular weight excluding hydrogens is 365 g/mol. The SMILES string of the molecule is CCc1ccc(COc2ccccc2CC[C@@](C)(N)COP(=O)(O)O)cc1. The lowest BCUT2D eigenvalue weighted by atomic mass is 9.95. The van der Waals surface area contributed by atoms with E-state index in [2.05, 4.69) is 35.7 Å². The number of phosphoric acid groups is 1. The molecule has 7 heteroatoms. The predicted molar refractivity (Wildman–Crippen MR) is 106 cm³/mol. The van der Waals surface area contributed by atoms with Crippen LogP contribution in [0.4, 0.5) is 0 Å². The van der Waals surface area contributed by atoms with Crippen molar-refractivity contribution >= 4 is 7.82 Å². The highest BCUT2D eigenvalue weighted by Gasteiger charge is 2.24. The quantitative estimate of drug-likeness (QED) is 0.533. The highest BCUT2D eigenvalue weighted by Crippen LogP contribution is 2.37. The van der Waals surface area contributed by atoms with Gasteiger partial charge in [0.1, 0.15) is 12.4 Å². The van der Waals surface area contributed by atoms with Crippen LogP contribution in [0.5, 0.6) is 5.75 Å². The highest BCUT2D eigenvalue weighted by atomic mass is 31.2. The Morgan fingerprint density at radius 3 is 2.33 bits per heavy atom. The van der Waals surface area contributed by atoms with Gasteiger partial charge >= 0.3 is 7.82 Å². The summed E-state index contributed by atoms with van der Waals surface area (Å²) in [5.41, 5.74) is 8.63. The fourth-order valence-corrected chi connectivity index (χ4v) is 3.07. The van der Waals surface area contributed by atoms with Crippen molar-refractivity contribution in [2.75, 3.05) is 6.61 Å². The van der Waals surface area contributed by atoms with Gasteiger partial charge in [-0.2, -0.15) is 0 Å². The number of hydrogen-bond donors (Lipinski definition) is 3. The third-order valence-corrected chi connectivity index (χ3v) is 4.79. The molecule has 0 spiro atoms. The smallest absolute Gasteiger partial charge is 0.469 e. The molecule has 2 rings (SSSR count). The number of rotatable bonds is 10. The van der Waals surface area contributed by atoms with Crippen molar-refractivity contribution in [2.24, 2.45) is 5.73 Å². The van der Waals surface area contributed by atoms with Gasteiger partial charge in [0.15, 0.2) is 0 Å². The topological polar surface area (TPSA) is 102 Å². The highest BCUT2D eigenvalue weighted by molar-refractivity contribution is 7.46. The van der Waals surface area contributed by atoms with Crippen LogP contribution in [0.15, 0.2) is 48.5 Å². The summed E-state index contributed by atoms with van der Waals surface area (Å²) >= 11 is 0. The van der Waals surface area contributed by atoms with Crippen LogP contribution in [-0.2, 0) is 28.5 Å². The molecule has 0 aliphatic carbocycles. The molecule has 0 aliphatic heterocycles. The van der Waals surface area contributed by atoms with Crippen molar-refractivity contribution in [1.29, 1.82) is 0 Å². The Kier molecular flexibility index (Phi) is 7.59. The van der Waals surface area contributed by atoms with Gasteiger partial charge in [-0.25, -0.2) is 4.57 Å². The van der Waals surface area contributed by atoms with Crippen molar-refractivity contribution in [3.05, 3.63) is 65.2 Å². The summed E-state index contributed by atoms with van der Waals surface area (Å²) in [7, 11) is -4.52. The third kappa shape index (κ3) is 7.83. The molecule has 4 N–H and O–H groups in total. The second-order valence-electron chi connectivity index (χ2n) is 6.98. The lowest BCUT2D eigenvalue weighted by molar-refractivity contribution is 0.154. The molecular formula is C20H28NO5P. The second kappa shape index (κ2) is 9.49. The van der Waals surface area contributed by atoms with Gasteiger partial charge in [0.05, 0.1) is 6.61 Å². The van der Waals surface area contributed by atoms with Gasteiger partial charge in [-0.3, -0.25) is 4.52 Å². The first-order valence-electron chi connectivity index (χ1n) is 8.96. The van der Waals surface area contributed by atoms with Crippen LogP contribution in [-0.4, -0.2) is 21.9 Å². The van der Waals surface area contributed by atoms with Gasteiger partial charge < -0.3 is 20.3 Å². The normalized spacial score (nSPS) is 14.0. The molecule has 0 unspecified atom stereocenters. The molecule has 1 atom stereocenters. The summed E-state index contributed by atoms with van der Waals surface area (Å²) in [6, 6.07) is 16.1. The molecule has 0 radical (unpaired) electrons. The van der Waals surface area contributed by atoms with Crippen molar-refractivity contribution in [2.45, 2.75) is 45.3 Å². The third-order valence-electron chi connectivity index (χ3n) is 4.33. The molecule has 0 bridgehead atoms. The number of nitrogens with two attached hydrogens (primary N) is 1. The maximum Gasteiger partial charge on any atom is 0.469 e. The van der Waals surface area contributed by atoms with E-state index in [4.69, 9.17) is 20.3 Å². The zero-order chi connectivity index (χ0) is 19.9. The average Bonchev–Trinajstić information content (AvgIpc) is 2.64. The van der Waals surface area contributed by atoms with Gasteiger partial charge in [0.25, 0.3) is 0 Å². The van der Waals surface area contributed by atoms with Crippen LogP contribution in [0.3, 0.4) is 0 Å². The van der Waals surface area contributed by atoms with Crippen LogP contribution in [0.1, 0.15) is 37.0 Å². The van der Waals surface area contributed by atoms with E-state index in [1.54, 1.807) is 6.92 Å². The van der Waals surface area contributed by atoms with Gasteiger partial charge in [0, 0.05) is 5.54 Å². The Morgan fingerprint density at radius 2 is 1.70 bits per heavy atom. The molecule has 6 nitrogen and oxygen atoms in total. The van der Waals surface area contributed by atoms with Gasteiger partial charge in [0.2, 0.25) is 0 Å². The van der Waals surface area contributed by atoms with Crippen LogP contribution >= 0.6 is 7.82 Å². The van der Waals surface area contributed by atoms with Crippen molar-refractivity contribution in [3.8, 4) is 5.75 Å². The Hall–Kier alpha value is -1.69. The largest absolute Gasteiger partial charge is 0.489 e. The number of aryl methyl sites for hydroxylation is 2. The van der Waals surface area contributed by atoms with Gasteiger partial charge in [-0.05, 0) is 48.9 Å². The summed E-state index contributed by atoms with van der Waals surface area (Å²) in [6.45, 7) is 4.09. The Morgan fingerprint density at radius 1 is 1.07 bits per heavy atom. The lowest BCUT2D eigenvalue weighted by Gasteiger charge is -2.25. The van der Waals surface area contributed by atoms with E-state index >= 15 is 0 Å². The molecule has 0 saturated carbocycles. The van der Waals surface area contributed by atoms with Crippen LogP contribution < -0.4 is 10.5 Å². The number of phosphoric ester groups is 1. The van der Waals surface area contributed by atoms with E-state index in [1.807, 2.05) is 24.3 Å². The molecule has 0 saturated heterocycles. The fourth-order valence-electron chi connectivity index (χ4n) is 2.61. The fraction of sp³-hybridized carbons (Fsp3) is 0.400. The number of para-hydroxylation sites is 1. The average molecular weight is 393 g/mol. The van der Waals surface area contributed by atoms with Gasteiger partial charge in [-0.1, -0.05) is 49.4 Å². The maximum absolute atomic E-state index is 10.9. The Labute approximate surface area is 160 Å². The van der Waals surface area contributed by atoms with E-state index < -0.39 is 13.4 Å². The standard InChI is InChI=1S/C20H28NO5P/c1-3-16-8-10-17(11-9-16)14-25-19-7-5-4-6-18(19)12-13-20(2,21)15-26-27(22,23)24/h4-11H,3,12-15,21H2,1-2H3,(H2,22,23,24)/t20-/m1/s1. The molecule has 2 aromatic carbocycles. The summed E-state index contributed by atoms with van der Waals surface area (Å²) in [5.74, 6) is 0.781. The summed E-state index contributed by atoms with van der Waals surface area (Å²) in [6.07, 6.45) is 2.12. The van der Waals surface area contributed by atoms with E-state index in [1.165, 1.54) is 5.56 Å². The van der Waals surface area contributed by atoms with E-state index in [-0.39, 0.29) is 6.61 Å². The van der Waals surface area contributed by atoms with Crippen LogP contribution in [0.2, 0.25) is 0 Å². The molecule has 0 aliphatic rings. The van der Waals surface area contributed by atoms with Crippen molar-refractivity contribution in [1.82, 2.24) is 0 Å². The van der Waals surface area contributed by atoms with Crippen LogP contribution in [0, 0.1) is 0 Å². The van der Waals surface area contributed by atoms with E-state index in [9.17, 15) is 4.57 Å². The second-order valence-corrected chi connectivity index (χ2v) is 8.22. The first kappa shape index (κ1) is 21.6. The first-order valence-corrected chi connectivity index (χ1v) is 10.5. The zero-order valence-corrected chi connectivity index (χ0v) is 16.7. The molecule has 148 valence electrons. The monoisotopic (exact) mass is 393 g/mol. The maximum atomic E-state index is 10.9. The minimum absolute atomic E-state index is 0.218.